The molecule has 1 amide bonds. The van der Waals surface area contributed by atoms with Crippen molar-refractivity contribution in [2.75, 3.05) is 22.5 Å². The fraction of sp³-hybridized carbons (Fsp3) is 0.364. The van der Waals surface area contributed by atoms with Crippen molar-refractivity contribution in [3.63, 3.8) is 0 Å². The molecule has 8 heteroatoms. The third kappa shape index (κ3) is 5.60. The predicted octanol–water partition coefficient (Wildman–Crippen LogP) is 3.66. The van der Waals surface area contributed by atoms with Crippen LogP contribution in [0.15, 0.2) is 42.5 Å². The molecule has 2 rings (SSSR count). The fourth-order valence-corrected chi connectivity index (χ4v) is 4.28. The molecule has 0 aliphatic heterocycles. The van der Waals surface area contributed by atoms with Crippen LogP contribution in [0.25, 0.3) is 0 Å². The molecule has 0 fully saturated rings. The molecule has 1 atom stereocenters. The quantitative estimate of drug-likeness (QED) is 0.643. The number of ether oxygens (including phenoxy) is 1. The average Bonchev–Trinajstić information content (AvgIpc) is 2.67. The van der Waals surface area contributed by atoms with Gasteiger partial charge in [0.15, 0.2) is 0 Å². The van der Waals surface area contributed by atoms with Gasteiger partial charge in [0.05, 0.1) is 24.1 Å². The lowest BCUT2D eigenvalue weighted by Gasteiger charge is -2.30. The number of esters is 1. The zero-order valence-corrected chi connectivity index (χ0v) is 18.7. The highest BCUT2D eigenvalue weighted by molar-refractivity contribution is 7.92. The molecule has 0 spiro atoms. The first-order valence-electron chi connectivity index (χ1n) is 9.73. The molecule has 2 aromatic carbocycles. The number of rotatable bonds is 8. The summed E-state index contributed by atoms with van der Waals surface area (Å²) in [5, 5.41) is 2.78. The third-order valence-electron chi connectivity index (χ3n) is 4.62. The molecule has 0 heterocycles. The van der Waals surface area contributed by atoms with Crippen LogP contribution in [-0.2, 0) is 19.6 Å². The number of hydrogen-bond acceptors (Lipinski definition) is 5. The van der Waals surface area contributed by atoms with Crippen molar-refractivity contribution in [1.82, 2.24) is 0 Å². The number of amides is 1. The van der Waals surface area contributed by atoms with Crippen LogP contribution in [0.2, 0.25) is 0 Å². The van der Waals surface area contributed by atoms with Gasteiger partial charge in [0.2, 0.25) is 15.9 Å². The Bertz CT molecular complexity index is 1020. The number of aryl methyl sites for hydroxylation is 2. The Hall–Kier alpha value is -2.87. The summed E-state index contributed by atoms with van der Waals surface area (Å²) in [4.78, 5) is 25.1. The second kappa shape index (κ2) is 9.75. The van der Waals surface area contributed by atoms with E-state index < -0.39 is 27.9 Å². The first-order valence-corrected chi connectivity index (χ1v) is 11.6. The molecular formula is C22H28N2O5S. The highest BCUT2D eigenvalue weighted by Gasteiger charge is 2.31. The van der Waals surface area contributed by atoms with E-state index in [4.69, 9.17) is 4.74 Å². The number of anilines is 2. The van der Waals surface area contributed by atoms with Gasteiger partial charge in [-0.15, -0.1) is 0 Å². The topological polar surface area (TPSA) is 92.8 Å². The van der Waals surface area contributed by atoms with Crippen LogP contribution in [0, 0.1) is 13.8 Å². The normalized spacial score (nSPS) is 12.2. The van der Waals surface area contributed by atoms with E-state index >= 15 is 0 Å². The molecule has 0 radical (unpaired) electrons. The first kappa shape index (κ1) is 23.4. The SMILES string of the molecule is CCOC(=O)c1ccc(C)c(NC(=O)C(CC)N(c2ccc(C)cc2)S(C)(=O)=O)c1. The molecule has 2 aromatic rings. The van der Waals surface area contributed by atoms with Gasteiger partial charge in [0.25, 0.3) is 0 Å². The highest BCUT2D eigenvalue weighted by atomic mass is 32.2. The van der Waals surface area contributed by atoms with Crippen LogP contribution in [0.5, 0.6) is 0 Å². The highest BCUT2D eigenvalue weighted by Crippen LogP contribution is 2.25. The molecule has 7 nitrogen and oxygen atoms in total. The molecule has 0 saturated carbocycles. The molecule has 0 saturated heterocycles. The van der Waals surface area contributed by atoms with Gasteiger partial charge in [-0.05, 0) is 57.0 Å². The number of carbonyl (C=O) groups excluding carboxylic acids is 2. The summed E-state index contributed by atoms with van der Waals surface area (Å²) in [6.07, 6.45) is 1.35. The van der Waals surface area contributed by atoms with E-state index in [-0.39, 0.29) is 13.0 Å². The Morgan fingerprint density at radius 1 is 1.07 bits per heavy atom. The minimum absolute atomic E-state index is 0.242. The smallest absolute Gasteiger partial charge is 0.338 e. The zero-order chi connectivity index (χ0) is 22.5. The third-order valence-corrected chi connectivity index (χ3v) is 5.80. The largest absolute Gasteiger partial charge is 0.462 e. The molecule has 0 aliphatic carbocycles. The van der Waals surface area contributed by atoms with Gasteiger partial charge in [-0.3, -0.25) is 9.10 Å². The van der Waals surface area contributed by atoms with Crippen LogP contribution in [0.1, 0.15) is 41.8 Å². The van der Waals surface area contributed by atoms with E-state index in [1.807, 2.05) is 6.92 Å². The second-order valence-corrected chi connectivity index (χ2v) is 8.92. The molecule has 0 aliphatic rings. The van der Waals surface area contributed by atoms with Crippen LogP contribution in [-0.4, -0.2) is 39.2 Å². The van der Waals surface area contributed by atoms with Crippen molar-refractivity contribution < 1.29 is 22.7 Å². The number of nitrogens with zero attached hydrogens (tertiary/aromatic N) is 1. The molecule has 1 unspecified atom stereocenters. The predicted molar refractivity (Wildman–Crippen MR) is 118 cm³/mol. The molecule has 162 valence electrons. The van der Waals surface area contributed by atoms with Crippen molar-refractivity contribution in [2.24, 2.45) is 0 Å². The molecule has 30 heavy (non-hydrogen) atoms. The molecule has 1 N–H and O–H groups in total. The monoisotopic (exact) mass is 432 g/mol. The lowest BCUT2D eigenvalue weighted by molar-refractivity contribution is -0.117. The number of benzene rings is 2. The van der Waals surface area contributed by atoms with E-state index in [9.17, 15) is 18.0 Å². The van der Waals surface area contributed by atoms with E-state index in [2.05, 4.69) is 5.32 Å². The number of hydrogen-bond donors (Lipinski definition) is 1. The number of carbonyl (C=O) groups is 2. The summed E-state index contributed by atoms with van der Waals surface area (Å²) in [6.45, 7) is 7.40. The number of sulfonamides is 1. The Kier molecular flexibility index (Phi) is 7.61. The van der Waals surface area contributed by atoms with Crippen LogP contribution in [0.3, 0.4) is 0 Å². The minimum Gasteiger partial charge on any atom is -0.462 e. The van der Waals surface area contributed by atoms with Gasteiger partial charge >= 0.3 is 5.97 Å². The average molecular weight is 433 g/mol. The maximum absolute atomic E-state index is 13.1. The van der Waals surface area contributed by atoms with Crippen molar-refractivity contribution in [1.29, 1.82) is 0 Å². The van der Waals surface area contributed by atoms with Crippen LogP contribution < -0.4 is 9.62 Å². The zero-order valence-electron chi connectivity index (χ0n) is 17.9. The first-order chi connectivity index (χ1) is 14.1. The van der Waals surface area contributed by atoms with Gasteiger partial charge in [-0.25, -0.2) is 13.2 Å². The Balaban J connectivity index is 2.38. The van der Waals surface area contributed by atoms with Gasteiger partial charge in [0, 0.05) is 5.69 Å². The van der Waals surface area contributed by atoms with Crippen LogP contribution in [0.4, 0.5) is 11.4 Å². The standard InChI is InChI=1S/C22H28N2O5S/c1-6-20(24(30(5,27)28)18-12-8-15(3)9-13-18)21(25)23-19-14-17(11-10-16(19)4)22(26)29-7-2/h8-14,20H,6-7H2,1-5H3,(H,23,25). The lowest BCUT2D eigenvalue weighted by Crippen LogP contribution is -2.47. The lowest BCUT2D eigenvalue weighted by atomic mass is 10.1. The Labute approximate surface area is 178 Å². The fourth-order valence-electron chi connectivity index (χ4n) is 3.07. The summed E-state index contributed by atoms with van der Waals surface area (Å²) in [5.41, 5.74) is 2.89. The van der Waals surface area contributed by atoms with Crippen molar-refractivity contribution in [2.45, 2.75) is 40.2 Å². The Morgan fingerprint density at radius 2 is 1.70 bits per heavy atom. The maximum Gasteiger partial charge on any atom is 0.338 e. The van der Waals surface area contributed by atoms with E-state index in [0.29, 0.717) is 16.9 Å². The van der Waals surface area contributed by atoms with E-state index in [0.717, 1.165) is 21.7 Å². The summed E-state index contributed by atoms with van der Waals surface area (Å²) in [7, 11) is -3.72. The summed E-state index contributed by atoms with van der Waals surface area (Å²) in [6, 6.07) is 10.9. The number of nitrogens with one attached hydrogen (secondary N) is 1. The summed E-state index contributed by atoms with van der Waals surface area (Å²) >= 11 is 0. The molecular weight excluding hydrogens is 404 g/mol. The van der Waals surface area contributed by atoms with Crippen LogP contribution >= 0.6 is 0 Å². The van der Waals surface area contributed by atoms with E-state index in [1.54, 1.807) is 57.2 Å². The van der Waals surface area contributed by atoms with Crippen molar-refractivity contribution in [3.05, 3.63) is 59.2 Å². The minimum atomic E-state index is -3.72. The summed E-state index contributed by atoms with van der Waals surface area (Å²) in [5.74, 6) is -0.968. The van der Waals surface area contributed by atoms with Gasteiger partial charge in [0.1, 0.15) is 6.04 Å². The van der Waals surface area contributed by atoms with E-state index in [1.165, 1.54) is 6.07 Å². The molecule has 0 bridgehead atoms. The van der Waals surface area contributed by atoms with Crippen molar-refractivity contribution in [3.8, 4) is 0 Å². The van der Waals surface area contributed by atoms with Crippen molar-refractivity contribution >= 4 is 33.3 Å². The van der Waals surface area contributed by atoms with Gasteiger partial charge in [-0.2, -0.15) is 0 Å². The second-order valence-electron chi connectivity index (χ2n) is 7.06. The maximum atomic E-state index is 13.1. The van der Waals surface area contributed by atoms with Gasteiger partial charge < -0.3 is 10.1 Å². The van der Waals surface area contributed by atoms with Gasteiger partial charge in [-0.1, -0.05) is 30.7 Å². The summed E-state index contributed by atoms with van der Waals surface area (Å²) < 4.78 is 31.2. The molecule has 0 aromatic heterocycles. The Morgan fingerprint density at radius 3 is 2.23 bits per heavy atom.